The fraction of sp³-hybridized carbons (Fsp3) is 1.00. The lowest BCUT2D eigenvalue weighted by Gasteiger charge is -2.34. The van der Waals surface area contributed by atoms with E-state index in [4.69, 9.17) is 9.11 Å². The minimum atomic E-state index is -5.10. The first-order valence-electron chi connectivity index (χ1n) is 3.39. The Hall–Kier alpha value is -0.0600. The third-order valence-electron chi connectivity index (χ3n) is 1.30. The molecule has 0 aromatic heterocycles. The van der Waals surface area contributed by atoms with Crippen LogP contribution in [0.5, 0.6) is 0 Å². The lowest BCUT2D eigenvalue weighted by molar-refractivity contribution is -0.0981. The van der Waals surface area contributed by atoms with Crippen molar-refractivity contribution in [2.24, 2.45) is 0 Å². The molecule has 0 aromatic rings. The number of halogens is 3. The molecular formula is C5H12F3NO4S. The summed E-state index contributed by atoms with van der Waals surface area (Å²) in [5.74, 6) is 0. The van der Waals surface area contributed by atoms with Crippen LogP contribution in [0.25, 0.3) is 0 Å². The summed E-state index contributed by atoms with van der Waals surface area (Å²) < 4.78 is 63.4. The molecule has 0 aromatic carbocycles. The molecule has 0 aliphatic rings. The quantitative estimate of drug-likeness (QED) is 0.632. The van der Waals surface area contributed by atoms with Crippen molar-refractivity contribution in [1.82, 2.24) is 4.72 Å². The maximum Gasteiger partial charge on any atom is 0.509 e. The highest BCUT2D eigenvalue weighted by Gasteiger charge is 2.45. The fourth-order valence-corrected chi connectivity index (χ4v) is 1.06. The van der Waals surface area contributed by atoms with Crippen molar-refractivity contribution in [1.29, 1.82) is 0 Å². The van der Waals surface area contributed by atoms with Crippen molar-refractivity contribution in [3.8, 4) is 0 Å². The van der Waals surface area contributed by atoms with E-state index in [1.165, 1.54) is 18.9 Å². The summed E-state index contributed by atoms with van der Waals surface area (Å²) >= 11 is 0. The van der Waals surface area contributed by atoms with Gasteiger partial charge in [0, 0.05) is 14.2 Å². The second-order valence-electron chi connectivity index (χ2n) is 2.24. The Morgan fingerprint density at radius 1 is 1.29 bits per heavy atom. The van der Waals surface area contributed by atoms with Crippen molar-refractivity contribution in [2.75, 3.05) is 20.8 Å². The average molecular weight is 239 g/mol. The smallest absolute Gasteiger partial charge is 0.354 e. The van der Waals surface area contributed by atoms with Crippen LogP contribution in [0.3, 0.4) is 0 Å². The van der Waals surface area contributed by atoms with Crippen LogP contribution in [0.2, 0.25) is 0 Å². The topological polar surface area (TPSA) is 71.0 Å². The first-order valence-corrected chi connectivity index (χ1v) is 4.94. The van der Waals surface area contributed by atoms with Gasteiger partial charge in [-0.3, -0.25) is 9.11 Å². The molecule has 9 heteroatoms. The van der Waals surface area contributed by atoms with Gasteiger partial charge in [0.2, 0.25) is 0 Å². The van der Waals surface area contributed by atoms with Gasteiger partial charge in [-0.15, -0.1) is 0 Å². The maximum atomic E-state index is 11.9. The number of alkyl halides is 3. The molecule has 0 amide bonds. The van der Waals surface area contributed by atoms with Crippen LogP contribution in [0, 0.1) is 0 Å². The van der Waals surface area contributed by atoms with Gasteiger partial charge in [0.1, 0.15) is 0 Å². The number of hydrogen-bond donors (Lipinski definition) is 3. The van der Waals surface area contributed by atoms with Gasteiger partial charge in [0.15, 0.2) is 6.29 Å². The molecule has 0 rings (SSSR count). The number of nitrogens with one attached hydrogen (secondary N) is 1. The van der Waals surface area contributed by atoms with Gasteiger partial charge in [-0.2, -0.15) is 13.2 Å². The minimum absolute atomic E-state index is 0.477. The summed E-state index contributed by atoms with van der Waals surface area (Å²) in [5, 5.41) is 0. The van der Waals surface area contributed by atoms with Gasteiger partial charge < -0.3 is 9.47 Å². The van der Waals surface area contributed by atoms with E-state index in [1.807, 2.05) is 0 Å². The Bertz CT molecular complexity index is 173. The van der Waals surface area contributed by atoms with Gasteiger partial charge in [-0.05, 0) is 10.8 Å². The molecule has 3 N–H and O–H groups in total. The van der Waals surface area contributed by atoms with Gasteiger partial charge in [0.05, 0.1) is 6.54 Å². The minimum Gasteiger partial charge on any atom is -0.354 e. The van der Waals surface area contributed by atoms with Gasteiger partial charge in [-0.1, -0.05) is 0 Å². The van der Waals surface area contributed by atoms with Crippen molar-refractivity contribution < 1.29 is 31.8 Å². The highest BCUT2D eigenvalue weighted by atomic mass is 32.3. The molecule has 5 nitrogen and oxygen atoms in total. The average Bonchev–Trinajstić information content (AvgIpc) is 2.04. The Morgan fingerprint density at radius 2 is 1.71 bits per heavy atom. The van der Waals surface area contributed by atoms with Crippen LogP contribution in [-0.2, 0) is 9.47 Å². The highest BCUT2D eigenvalue weighted by Crippen LogP contribution is 2.51. The maximum absolute atomic E-state index is 11.9. The first-order chi connectivity index (χ1) is 6.24. The highest BCUT2D eigenvalue weighted by molar-refractivity contribution is 8.23. The zero-order valence-electron chi connectivity index (χ0n) is 7.54. The Morgan fingerprint density at radius 3 is 2.00 bits per heavy atom. The number of ether oxygens (including phenoxy) is 2. The van der Waals surface area contributed by atoms with Gasteiger partial charge >= 0.3 is 5.51 Å². The summed E-state index contributed by atoms with van der Waals surface area (Å²) in [4.78, 5) is 0. The largest absolute Gasteiger partial charge is 0.509 e. The molecule has 0 spiro atoms. The van der Waals surface area contributed by atoms with Crippen LogP contribution >= 0.6 is 10.8 Å². The summed E-state index contributed by atoms with van der Waals surface area (Å²) in [5.41, 5.74) is -5.10. The number of hydrogen-bond acceptors (Lipinski definition) is 5. The lowest BCUT2D eigenvalue weighted by Crippen LogP contribution is -2.37. The zero-order valence-corrected chi connectivity index (χ0v) is 8.35. The van der Waals surface area contributed by atoms with Gasteiger partial charge in [-0.25, -0.2) is 4.72 Å². The molecule has 0 bridgehead atoms. The van der Waals surface area contributed by atoms with Crippen LogP contribution in [-0.4, -0.2) is 41.7 Å². The molecule has 0 heterocycles. The molecule has 0 unspecified atom stereocenters. The summed E-state index contributed by atoms with van der Waals surface area (Å²) in [6.07, 6.45) is -0.969. The van der Waals surface area contributed by atoms with Crippen LogP contribution in [0.15, 0.2) is 0 Å². The van der Waals surface area contributed by atoms with Crippen LogP contribution in [0.1, 0.15) is 0 Å². The Balaban J connectivity index is 4.11. The molecule has 0 saturated heterocycles. The van der Waals surface area contributed by atoms with Crippen LogP contribution in [0.4, 0.5) is 13.2 Å². The second-order valence-corrected chi connectivity index (χ2v) is 4.09. The summed E-state index contributed by atoms with van der Waals surface area (Å²) in [6, 6.07) is 0. The molecule has 0 saturated carbocycles. The molecular weight excluding hydrogens is 227 g/mol. The predicted molar refractivity (Wildman–Crippen MR) is 44.7 cm³/mol. The first kappa shape index (κ1) is 13.9. The standard InChI is InChI=1S/C5H12F3NO4S/c1-12-4(13-2)3-9-14(10,11)5(6,7)8/h4,9-11H,3H2,1-2H3. The predicted octanol–water partition coefficient (Wildman–Crippen LogP) is 1.38. The van der Waals surface area contributed by atoms with E-state index in [2.05, 4.69) is 9.47 Å². The Kier molecular flexibility index (Phi) is 5.12. The van der Waals surface area contributed by atoms with E-state index in [0.717, 1.165) is 0 Å². The third-order valence-corrected chi connectivity index (χ3v) is 2.51. The lowest BCUT2D eigenvalue weighted by atomic mass is 10.6. The molecule has 0 atom stereocenters. The van der Waals surface area contributed by atoms with E-state index in [1.54, 1.807) is 0 Å². The fourth-order valence-electron chi connectivity index (χ4n) is 0.529. The Labute approximate surface area is 80.7 Å². The van der Waals surface area contributed by atoms with E-state index >= 15 is 0 Å². The molecule has 14 heavy (non-hydrogen) atoms. The van der Waals surface area contributed by atoms with E-state index in [9.17, 15) is 13.2 Å². The normalized spacial score (nSPS) is 14.9. The third kappa shape index (κ3) is 3.98. The van der Waals surface area contributed by atoms with E-state index in [0.29, 0.717) is 0 Å². The molecule has 0 aliphatic heterocycles. The van der Waals surface area contributed by atoms with Crippen molar-refractivity contribution in [3.63, 3.8) is 0 Å². The van der Waals surface area contributed by atoms with Crippen molar-refractivity contribution in [2.45, 2.75) is 11.8 Å². The van der Waals surface area contributed by atoms with E-state index in [-0.39, 0.29) is 0 Å². The van der Waals surface area contributed by atoms with Crippen LogP contribution < -0.4 is 4.72 Å². The molecule has 0 aliphatic carbocycles. The zero-order chi connectivity index (χ0) is 11.4. The molecule has 88 valence electrons. The summed E-state index contributed by atoms with van der Waals surface area (Å²) in [6.45, 7) is -0.477. The monoisotopic (exact) mass is 239 g/mol. The van der Waals surface area contributed by atoms with E-state index < -0.39 is 29.1 Å². The number of methoxy groups -OCH3 is 2. The SMILES string of the molecule is COC(CNS(O)(O)C(F)(F)F)OC. The molecule has 0 radical (unpaired) electrons. The summed E-state index contributed by atoms with van der Waals surface area (Å²) in [7, 11) is -2.39. The second kappa shape index (κ2) is 5.14. The van der Waals surface area contributed by atoms with Crippen molar-refractivity contribution >= 4 is 10.8 Å². The van der Waals surface area contributed by atoms with Gasteiger partial charge in [0.25, 0.3) is 0 Å². The number of rotatable bonds is 5. The molecule has 0 fully saturated rings. The van der Waals surface area contributed by atoms with Crippen molar-refractivity contribution in [3.05, 3.63) is 0 Å².